The summed E-state index contributed by atoms with van der Waals surface area (Å²) >= 11 is 0. The predicted molar refractivity (Wildman–Crippen MR) is 83.4 cm³/mol. The lowest BCUT2D eigenvalue weighted by atomic mass is 9.87. The normalized spacial score (nSPS) is 30.9. The Labute approximate surface area is 131 Å². The number of nitrogens with zero attached hydrogens (tertiary/aromatic N) is 1. The Kier molecular flexibility index (Phi) is 4.19. The van der Waals surface area contributed by atoms with Crippen LogP contribution in [0.5, 0.6) is 0 Å². The smallest absolute Gasteiger partial charge is 0.306 e. The average molecular weight is 301 g/mol. The highest BCUT2D eigenvalue weighted by molar-refractivity contribution is 5.78. The first kappa shape index (κ1) is 15.1. The largest absolute Gasteiger partial charge is 0.481 e. The standard InChI is InChI=1S/C18H23NO3/c1-12-11-19(8-7-15(12)18(21)22)17(20)10-14-9-16(14)13-5-3-2-4-6-13/h2-6,12,14-16H,7-11H2,1H3,(H,21,22)/t12?,14-,15?,16-/m0/s1. The van der Waals surface area contributed by atoms with Gasteiger partial charge in [0.1, 0.15) is 0 Å². The van der Waals surface area contributed by atoms with Gasteiger partial charge in [0.25, 0.3) is 0 Å². The van der Waals surface area contributed by atoms with E-state index in [1.807, 2.05) is 30.0 Å². The molecule has 1 heterocycles. The summed E-state index contributed by atoms with van der Waals surface area (Å²) in [6.45, 7) is 3.10. The second kappa shape index (κ2) is 6.11. The highest BCUT2D eigenvalue weighted by Gasteiger charge is 2.41. The minimum atomic E-state index is -0.731. The second-order valence-corrected chi connectivity index (χ2v) is 6.77. The molecule has 4 atom stereocenters. The molecule has 1 aromatic rings. The summed E-state index contributed by atoms with van der Waals surface area (Å²) in [4.78, 5) is 25.4. The predicted octanol–water partition coefficient (Wildman–Crippen LogP) is 2.75. The molecule has 2 aliphatic rings. The molecule has 1 saturated heterocycles. The van der Waals surface area contributed by atoms with Crippen molar-refractivity contribution in [3.63, 3.8) is 0 Å². The lowest BCUT2D eigenvalue weighted by Crippen LogP contribution is -2.45. The number of hydrogen-bond donors (Lipinski definition) is 1. The number of piperidine rings is 1. The van der Waals surface area contributed by atoms with Crippen LogP contribution in [0.4, 0.5) is 0 Å². The number of hydrogen-bond acceptors (Lipinski definition) is 2. The van der Waals surface area contributed by atoms with E-state index in [1.54, 1.807) is 0 Å². The molecule has 2 fully saturated rings. The quantitative estimate of drug-likeness (QED) is 0.930. The average Bonchev–Trinajstić information content (AvgIpc) is 3.26. The van der Waals surface area contributed by atoms with Gasteiger partial charge in [0.05, 0.1) is 5.92 Å². The minimum Gasteiger partial charge on any atom is -0.481 e. The summed E-state index contributed by atoms with van der Waals surface area (Å²) in [5, 5.41) is 9.15. The molecular weight excluding hydrogens is 278 g/mol. The van der Waals surface area contributed by atoms with E-state index < -0.39 is 5.97 Å². The highest BCUT2D eigenvalue weighted by Crippen LogP contribution is 2.49. The summed E-state index contributed by atoms with van der Waals surface area (Å²) in [6.07, 6.45) is 2.27. The molecule has 22 heavy (non-hydrogen) atoms. The van der Waals surface area contributed by atoms with E-state index >= 15 is 0 Å². The third-order valence-corrected chi connectivity index (χ3v) is 5.16. The van der Waals surface area contributed by atoms with Crippen LogP contribution in [-0.4, -0.2) is 35.0 Å². The molecule has 1 amide bonds. The first-order valence-corrected chi connectivity index (χ1v) is 8.11. The molecule has 4 heteroatoms. The number of carbonyl (C=O) groups is 2. The van der Waals surface area contributed by atoms with Crippen LogP contribution < -0.4 is 0 Å². The molecule has 1 saturated carbocycles. The second-order valence-electron chi connectivity index (χ2n) is 6.77. The zero-order valence-electron chi connectivity index (χ0n) is 12.9. The lowest BCUT2D eigenvalue weighted by molar-refractivity contribution is -0.148. The van der Waals surface area contributed by atoms with Crippen LogP contribution in [-0.2, 0) is 9.59 Å². The molecule has 2 unspecified atom stereocenters. The van der Waals surface area contributed by atoms with Crippen molar-refractivity contribution in [3.8, 4) is 0 Å². The molecule has 0 aromatic heterocycles. The number of carboxylic acids is 1. The molecule has 1 aromatic carbocycles. The first-order chi connectivity index (χ1) is 10.6. The Morgan fingerprint density at radius 2 is 2.00 bits per heavy atom. The lowest BCUT2D eigenvalue weighted by Gasteiger charge is -2.35. The number of amides is 1. The van der Waals surface area contributed by atoms with Gasteiger partial charge in [0.15, 0.2) is 0 Å². The van der Waals surface area contributed by atoms with Gasteiger partial charge in [-0.1, -0.05) is 37.3 Å². The van der Waals surface area contributed by atoms with Gasteiger partial charge in [0, 0.05) is 19.5 Å². The van der Waals surface area contributed by atoms with Crippen LogP contribution in [0.25, 0.3) is 0 Å². The Balaban J connectivity index is 1.51. The van der Waals surface area contributed by atoms with Gasteiger partial charge in [-0.2, -0.15) is 0 Å². The van der Waals surface area contributed by atoms with Gasteiger partial charge in [-0.15, -0.1) is 0 Å². The van der Waals surface area contributed by atoms with Crippen molar-refractivity contribution in [3.05, 3.63) is 35.9 Å². The molecular formula is C18H23NO3. The fraction of sp³-hybridized carbons (Fsp3) is 0.556. The van der Waals surface area contributed by atoms with Crippen molar-refractivity contribution < 1.29 is 14.7 Å². The summed E-state index contributed by atoms with van der Waals surface area (Å²) in [7, 11) is 0. The van der Waals surface area contributed by atoms with Gasteiger partial charge in [0.2, 0.25) is 5.91 Å². The van der Waals surface area contributed by atoms with Gasteiger partial charge in [-0.3, -0.25) is 9.59 Å². The van der Waals surface area contributed by atoms with Gasteiger partial charge in [-0.25, -0.2) is 0 Å². The van der Waals surface area contributed by atoms with Crippen molar-refractivity contribution in [2.45, 2.75) is 32.1 Å². The van der Waals surface area contributed by atoms with E-state index in [9.17, 15) is 9.59 Å². The number of carbonyl (C=O) groups excluding carboxylic acids is 1. The van der Waals surface area contributed by atoms with Crippen LogP contribution in [0.15, 0.2) is 30.3 Å². The van der Waals surface area contributed by atoms with E-state index in [2.05, 4.69) is 12.1 Å². The Morgan fingerprint density at radius 3 is 2.64 bits per heavy atom. The summed E-state index contributed by atoms with van der Waals surface area (Å²) < 4.78 is 0. The van der Waals surface area contributed by atoms with Crippen molar-refractivity contribution in [1.29, 1.82) is 0 Å². The van der Waals surface area contributed by atoms with E-state index in [0.717, 1.165) is 6.42 Å². The Hall–Kier alpha value is -1.84. The molecule has 1 N–H and O–H groups in total. The Bertz CT molecular complexity index is 557. The van der Waals surface area contributed by atoms with Crippen LogP contribution in [0.1, 0.15) is 37.7 Å². The number of aliphatic carboxylic acids is 1. The van der Waals surface area contributed by atoms with Crippen molar-refractivity contribution >= 4 is 11.9 Å². The fourth-order valence-electron chi connectivity index (χ4n) is 3.67. The number of likely N-dealkylation sites (tertiary alicyclic amines) is 1. The summed E-state index contributed by atoms with van der Waals surface area (Å²) in [5.41, 5.74) is 1.33. The number of carboxylic acid groups (broad SMARTS) is 1. The van der Waals surface area contributed by atoms with E-state index in [-0.39, 0.29) is 17.7 Å². The van der Waals surface area contributed by atoms with Crippen molar-refractivity contribution in [2.24, 2.45) is 17.8 Å². The Morgan fingerprint density at radius 1 is 1.27 bits per heavy atom. The molecule has 0 spiro atoms. The van der Waals surface area contributed by atoms with Gasteiger partial charge in [-0.05, 0) is 36.2 Å². The molecule has 4 nitrogen and oxygen atoms in total. The zero-order valence-corrected chi connectivity index (χ0v) is 12.9. The molecule has 3 rings (SSSR count). The van der Waals surface area contributed by atoms with Crippen LogP contribution >= 0.6 is 0 Å². The van der Waals surface area contributed by atoms with Crippen LogP contribution in [0.3, 0.4) is 0 Å². The van der Waals surface area contributed by atoms with Crippen molar-refractivity contribution in [2.75, 3.05) is 13.1 Å². The third kappa shape index (κ3) is 3.16. The minimum absolute atomic E-state index is 0.0410. The van der Waals surface area contributed by atoms with E-state index in [4.69, 9.17) is 5.11 Å². The molecule has 0 radical (unpaired) electrons. The maximum atomic E-state index is 12.4. The molecule has 118 valence electrons. The number of rotatable bonds is 4. The topological polar surface area (TPSA) is 57.6 Å². The SMILES string of the molecule is CC1CN(C(=O)C[C@@H]2C[C@H]2c2ccccc2)CCC1C(=O)O. The molecule has 0 bridgehead atoms. The molecule has 1 aliphatic heterocycles. The van der Waals surface area contributed by atoms with Gasteiger partial charge >= 0.3 is 5.97 Å². The van der Waals surface area contributed by atoms with E-state index in [1.165, 1.54) is 5.56 Å². The summed E-state index contributed by atoms with van der Waals surface area (Å²) in [5.74, 6) is 0.188. The maximum absolute atomic E-state index is 12.4. The van der Waals surface area contributed by atoms with Gasteiger partial charge < -0.3 is 10.0 Å². The van der Waals surface area contributed by atoms with Crippen molar-refractivity contribution in [1.82, 2.24) is 4.90 Å². The highest BCUT2D eigenvalue weighted by atomic mass is 16.4. The number of benzene rings is 1. The zero-order chi connectivity index (χ0) is 15.7. The molecule has 1 aliphatic carbocycles. The van der Waals surface area contributed by atoms with Crippen LogP contribution in [0.2, 0.25) is 0 Å². The fourth-order valence-corrected chi connectivity index (χ4v) is 3.67. The van der Waals surface area contributed by atoms with E-state index in [0.29, 0.717) is 37.8 Å². The van der Waals surface area contributed by atoms with Crippen LogP contribution in [0, 0.1) is 17.8 Å². The first-order valence-electron chi connectivity index (χ1n) is 8.11. The monoisotopic (exact) mass is 301 g/mol. The maximum Gasteiger partial charge on any atom is 0.306 e. The third-order valence-electron chi connectivity index (χ3n) is 5.16. The summed E-state index contributed by atoms with van der Waals surface area (Å²) in [6, 6.07) is 10.4.